The first kappa shape index (κ1) is 13.6. The highest BCUT2D eigenvalue weighted by Gasteiger charge is 2.25. The Bertz CT molecular complexity index is 941. The number of carbonyl (C=O) groups is 1. The largest absolute Gasteiger partial charge is 0.507 e. The van der Waals surface area contributed by atoms with Gasteiger partial charge in [0.2, 0.25) is 0 Å². The van der Waals surface area contributed by atoms with E-state index >= 15 is 0 Å². The molecule has 1 aliphatic carbocycles. The quantitative estimate of drug-likeness (QED) is 0.579. The summed E-state index contributed by atoms with van der Waals surface area (Å²) in [6, 6.07) is 18.5. The minimum Gasteiger partial charge on any atom is -0.507 e. The van der Waals surface area contributed by atoms with Gasteiger partial charge >= 0.3 is 5.97 Å². The van der Waals surface area contributed by atoms with Crippen molar-refractivity contribution in [1.82, 2.24) is 0 Å². The Hall–Kier alpha value is -3.07. The third-order valence-corrected chi connectivity index (χ3v) is 4.39. The molecule has 0 aliphatic heterocycles. The van der Waals surface area contributed by atoms with Crippen LogP contribution in [0.4, 0.5) is 0 Å². The van der Waals surface area contributed by atoms with Gasteiger partial charge in [0.15, 0.2) is 0 Å². The molecule has 23 heavy (non-hydrogen) atoms. The predicted octanol–water partition coefficient (Wildman–Crippen LogP) is 4.33. The molecule has 0 amide bonds. The average Bonchev–Trinajstić information content (AvgIpc) is 2.93. The lowest BCUT2D eigenvalue weighted by atomic mass is 9.91. The lowest BCUT2D eigenvalue weighted by molar-refractivity contribution is 0.0698. The van der Waals surface area contributed by atoms with Crippen LogP contribution in [0.1, 0.15) is 21.5 Å². The standard InChI is InChI=1S/C20H14O3/c21-18-10-9-14-13-6-2-1-5-12(13)11-17(14)19(18)15-7-3-4-8-16(15)20(22)23/h1-10,21H,11H2,(H,22,23). The second kappa shape index (κ2) is 4.99. The van der Waals surface area contributed by atoms with E-state index < -0.39 is 5.97 Å². The van der Waals surface area contributed by atoms with E-state index in [9.17, 15) is 15.0 Å². The van der Waals surface area contributed by atoms with E-state index in [1.165, 1.54) is 5.56 Å². The molecule has 0 bridgehead atoms. The van der Waals surface area contributed by atoms with E-state index in [2.05, 4.69) is 12.1 Å². The number of hydrogen-bond donors (Lipinski definition) is 2. The first-order chi connectivity index (χ1) is 11.2. The van der Waals surface area contributed by atoms with Crippen molar-refractivity contribution in [3.63, 3.8) is 0 Å². The molecule has 3 nitrogen and oxygen atoms in total. The molecule has 0 spiro atoms. The van der Waals surface area contributed by atoms with Crippen molar-refractivity contribution in [2.24, 2.45) is 0 Å². The molecule has 0 heterocycles. The van der Waals surface area contributed by atoms with Gasteiger partial charge in [-0.15, -0.1) is 0 Å². The summed E-state index contributed by atoms with van der Waals surface area (Å²) in [7, 11) is 0. The summed E-state index contributed by atoms with van der Waals surface area (Å²) in [4.78, 5) is 11.5. The minimum absolute atomic E-state index is 0.116. The minimum atomic E-state index is -0.992. The zero-order chi connectivity index (χ0) is 16.0. The van der Waals surface area contributed by atoms with E-state index in [4.69, 9.17) is 0 Å². The Morgan fingerprint density at radius 2 is 1.52 bits per heavy atom. The first-order valence-electron chi connectivity index (χ1n) is 7.42. The third kappa shape index (κ3) is 2.01. The molecule has 0 saturated carbocycles. The molecule has 0 aromatic heterocycles. The molecule has 2 N–H and O–H groups in total. The highest BCUT2D eigenvalue weighted by atomic mass is 16.4. The number of aromatic hydroxyl groups is 1. The molecule has 3 aromatic carbocycles. The van der Waals surface area contributed by atoms with Crippen molar-refractivity contribution in [2.75, 3.05) is 0 Å². The average molecular weight is 302 g/mol. The summed E-state index contributed by atoms with van der Waals surface area (Å²) in [6.45, 7) is 0. The van der Waals surface area contributed by atoms with Crippen LogP contribution in [0.15, 0.2) is 60.7 Å². The normalized spacial score (nSPS) is 11.8. The van der Waals surface area contributed by atoms with Gasteiger partial charge < -0.3 is 10.2 Å². The Morgan fingerprint density at radius 3 is 2.30 bits per heavy atom. The monoisotopic (exact) mass is 302 g/mol. The Kier molecular flexibility index (Phi) is 2.95. The predicted molar refractivity (Wildman–Crippen MR) is 88.7 cm³/mol. The number of phenols is 1. The number of rotatable bonds is 2. The van der Waals surface area contributed by atoms with E-state index in [0.29, 0.717) is 17.5 Å². The van der Waals surface area contributed by atoms with Crippen LogP contribution in [0.5, 0.6) is 5.75 Å². The van der Waals surface area contributed by atoms with Crippen LogP contribution in [0.2, 0.25) is 0 Å². The Balaban J connectivity index is 2.01. The van der Waals surface area contributed by atoms with Gasteiger partial charge in [-0.25, -0.2) is 4.79 Å². The maximum Gasteiger partial charge on any atom is 0.336 e. The SMILES string of the molecule is O=C(O)c1ccccc1-c1c(O)ccc2c1Cc1ccccc1-2. The van der Waals surface area contributed by atoms with Crippen molar-refractivity contribution in [3.05, 3.63) is 77.4 Å². The fourth-order valence-corrected chi connectivity index (χ4v) is 3.39. The van der Waals surface area contributed by atoms with Crippen molar-refractivity contribution >= 4 is 5.97 Å². The van der Waals surface area contributed by atoms with Gasteiger partial charge in [-0.1, -0.05) is 48.5 Å². The van der Waals surface area contributed by atoms with Crippen LogP contribution in [0.3, 0.4) is 0 Å². The molecule has 0 saturated heterocycles. The van der Waals surface area contributed by atoms with E-state index in [-0.39, 0.29) is 11.3 Å². The van der Waals surface area contributed by atoms with Crippen molar-refractivity contribution in [3.8, 4) is 28.0 Å². The van der Waals surface area contributed by atoms with Crippen LogP contribution in [-0.4, -0.2) is 16.2 Å². The molecule has 0 radical (unpaired) electrons. The highest BCUT2D eigenvalue weighted by molar-refractivity contribution is 5.99. The van der Waals surface area contributed by atoms with Crippen molar-refractivity contribution in [1.29, 1.82) is 0 Å². The van der Waals surface area contributed by atoms with E-state index in [0.717, 1.165) is 16.7 Å². The number of aromatic carboxylic acids is 1. The Morgan fingerprint density at radius 1 is 0.826 bits per heavy atom. The van der Waals surface area contributed by atoms with Gasteiger partial charge in [0.25, 0.3) is 0 Å². The van der Waals surface area contributed by atoms with Gasteiger partial charge in [0, 0.05) is 11.1 Å². The molecular weight excluding hydrogens is 288 g/mol. The molecular formula is C20H14O3. The van der Waals surface area contributed by atoms with Gasteiger partial charge in [-0.2, -0.15) is 0 Å². The highest BCUT2D eigenvalue weighted by Crippen LogP contribution is 2.45. The molecule has 112 valence electrons. The summed E-state index contributed by atoms with van der Waals surface area (Å²) >= 11 is 0. The summed E-state index contributed by atoms with van der Waals surface area (Å²) in [6.07, 6.45) is 0.698. The van der Waals surface area contributed by atoms with Crippen LogP contribution >= 0.6 is 0 Å². The maximum atomic E-state index is 11.5. The van der Waals surface area contributed by atoms with Crippen LogP contribution in [-0.2, 0) is 6.42 Å². The van der Waals surface area contributed by atoms with Gasteiger partial charge in [-0.05, 0) is 40.8 Å². The van der Waals surface area contributed by atoms with Crippen LogP contribution in [0, 0.1) is 0 Å². The van der Waals surface area contributed by atoms with Gasteiger partial charge in [0.1, 0.15) is 5.75 Å². The van der Waals surface area contributed by atoms with Crippen LogP contribution in [0.25, 0.3) is 22.3 Å². The fraction of sp³-hybridized carbons (Fsp3) is 0.0500. The summed E-state index contributed by atoms with van der Waals surface area (Å²) in [5.41, 5.74) is 5.78. The summed E-state index contributed by atoms with van der Waals surface area (Å²) in [5, 5.41) is 19.9. The van der Waals surface area contributed by atoms with Gasteiger partial charge in [-0.3, -0.25) is 0 Å². The third-order valence-electron chi connectivity index (χ3n) is 4.39. The molecule has 0 atom stereocenters. The number of carboxylic acids is 1. The number of hydrogen-bond acceptors (Lipinski definition) is 2. The molecule has 3 aromatic rings. The summed E-state index contributed by atoms with van der Waals surface area (Å²) in [5.74, 6) is -0.877. The molecule has 3 heteroatoms. The number of carboxylic acid groups (broad SMARTS) is 1. The Labute approximate surface area is 133 Å². The lowest BCUT2D eigenvalue weighted by Gasteiger charge is -2.13. The number of fused-ring (bicyclic) bond motifs is 3. The zero-order valence-corrected chi connectivity index (χ0v) is 12.3. The lowest BCUT2D eigenvalue weighted by Crippen LogP contribution is -2.01. The van der Waals surface area contributed by atoms with Crippen molar-refractivity contribution < 1.29 is 15.0 Å². The van der Waals surface area contributed by atoms with E-state index in [1.807, 2.05) is 18.2 Å². The maximum absolute atomic E-state index is 11.5. The second-order valence-electron chi connectivity index (χ2n) is 5.67. The first-order valence-corrected chi connectivity index (χ1v) is 7.42. The fourth-order valence-electron chi connectivity index (χ4n) is 3.39. The molecule has 4 rings (SSSR count). The summed E-state index contributed by atoms with van der Waals surface area (Å²) < 4.78 is 0. The van der Waals surface area contributed by atoms with Gasteiger partial charge in [0.05, 0.1) is 5.56 Å². The second-order valence-corrected chi connectivity index (χ2v) is 5.67. The smallest absolute Gasteiger partial charge is 0.336 e. The van der Waals surface area contributed by atoms with Crippen molar-refractivity contribution in [2.45, 2.75) is 6.42 Å². The van der Waals surface area contributed by atoms with Crippen LogP contribution < -0.4 is 0 Å². The molecule has 0 unspecified atom stereocenters. The zero-order valence-electron chi connectivity index (χ0n) is 12.3. The molecule has 1 aliphatic rings. The number of phenolic OH excluding ortho intramolecular Hbond substituents is 1. The molecule has 0 fully saturated rings. The topological polar surface area (TPSA) is 57.5 Å². The van der Waals surface area contributed by atoms with E-state index in [1.54, 1.807) is 30.3 Å². The number of benzene rings is 3.